The van der Waals surface area contributed by atoms with Gasteiger partial charge in [0.25, 0.3) is 5.91 Å². The van der Waals surface area contributed by atoms with E-state index in [0.717, 1.165) is 11.1 Å². The molecule has 1 unspecified atom stereocenters. The molecule has 0 spiro atoms. The number of amides is 1. The number of hydrogen-bond acceptors (Lipinski definition) is 8. The number of nitrogens with one attached hydrogen (secondary N) is 3. The van der Waals surface area contributed by atoms with E-state index in [1.54, 1.807) is 0 Å². The number of nitrogens with zero attached hydrogens (tertiary/aromatic N) is 3. The van der Waals surface area contributed by atoms with Gasteiger partial charge in [0.2, 0.25) is 12.1 Å². The molecule has 0 saturated carbocycles. The molecule has 9 heteroatoms. The Morgan fingerprint density at radius 2 is 1.87 bits per heavy atom. The molecule has 2 aromatic carbocycles. The van der Waals surface area contributed by atoms with Gasteiger partial charge >= 0.3 is 6.01 Å². The summed E-state index contributed by atoms with van der Waals surface area (Å²) < 4.78 is 11.1. The Morgan fingerprint density at radius 1 is 1.03 bits per heavy atom. The van der Waals surface area contributed by atoms with Crippen LogP contribution >= 0.6 is 0 Å². The standard InChI is InChI=1S/C21H20N6O3/c28-19-18(25-21-27-26-20(30-21)16-12-29-11-10-22-16)24-17(13-6-2-1-3-7-13)14-8-4-5-9-15(14)23-19/h1-9,16,18,22H,10-12H2,(H,23,28)(H,25,27)/t16-,18?/m1/s1. The summed E-state index contributed by atoms with van der Waals surface area (Å²) in [5, 5.41) is 17.2. The second-order valence-electron chi connectivity index (χ2n) is 6.95. The van der Waals surface area contributed by atoms with Crippen LogP contribution in [0.25, 0.3) is 0 Å². The third-order valence-corrected chi connectivity index (χ3v) is 4.91. The number of morpholine rings is 1. The number of rotatable bonds is 4. The second kappa shape index (κ2) is 8.05. The van der Waals surface area contributed by atoms with Crippen molar-refractivity contribution in [1.82, 2.24) is 15.5 Å². The summed E-state index contributed by atoms with van der Waals surface area (Å²) in [5.74, 6) is 0.0917. The van der Waals surface area contributed by atoms with Crippen LogP contribution in [-0.4, -0.2) is 47.7 Å². The summed E-state index contributed by atoms with van der Waals surface area (Å²) >= 11 is 0. The molecule has 0 aliphatic carbocycles. The maximum Gasteiger partial charge on any atom is 0.317 e. The van der Waals surface area contributed by atoms with E-state index in [0.29, 0.717) is 37.0 Å². The predicted octanol–water partition coefficient (Wildman–Crippen LogP) is 1.96. The van der Waals surface area contributed by atoms with Crippen molar-refractivity contribution in [3.05, 3.63) is 71.6 Å². The highest BCUT2D eigenvalue weighted by Crippen LogP contribution is 2.25. The van der Waals surface area contributed by atoms with Crippen molar-refractivity contribution in [2.24, 2.45) is 4.99 Å². The Bertz CT molecular complexity index is 1080. The highest BCUT2D eigenvalue weighted by molar-refractivity contribution is 6.19. The fourth-order valence-electron chi connectivity index (χ4n) is 3.46. The molecular weight excluding hydrogens is 384 g/mol. The predicted molar refractivity (Wildman–Crippen MR) is 110 cm³/mol. The summed E-state index contributed by atoms with van der Waals surface area (Å²) in [6.07, 6.45) is -0.934. The van der Waals surface area contributed by atoms with Crippen LogP contribution in [0.15, 0.2) is 64.0 Å². The Labute approximate surface area is 172 Å². The van der Waals surface area contributed by atoms with Gasteiger partial charge in [0.1, 0.15) is 6.04 Å². The van der Waals surface area contributed by atoms with Gasteiger partial charge in [0, 0.05) is 17.7 Å². The van der Waals surface area contributed by atoms with Crippen LogP contribution in [0.3, 0.4) is 0 Å². The molecule has 3 aromatic rings. The van der Waals surface area contributed by atoms with Crippen molar-refractivity contribution >= 4 is 23.3 Å². The lowest BCUT2D eigenvalue weighted by Gasteiger charge is -2.20. The maximum absolute atomic E-state index is 12.9. The molecule has 9 nitrogen and oxygen atoms in total. The van der Waals surface area contributed by atoms with E-state index in [-0.39, 0.29) is 18.0 Å². The van der Waals surface area contributed by atoms with E-state index in [4.69, 9.17) is 14.1 Å². The van der Waals surface area contributed by atoms with Crippen LogP contribution in [0, 0.1) is 0 Å². The number of aromatic nitrogens is 2. The molecule has 2 atom stereocenters. The third kappa shape index (κ3) is 3.68. The lowest BCUT2D eigenvalue weighted by atomic mass is 10.0. The monoisotopic (exact) mass is 404 g/mol. The molecule has 0 bridgehead atoms. The van der Waals surface area contributed by atoms with Crippen LogP contribution in [0.4, 0.5) is 11.7 Å². The van der Waals surface area contributed by atoms with E-state index in [2.05, 4.69) is 26.1 Å². The van der Waals surface area contributed by atoms with Crippen molar-refractivity contribution in [2.75, 3.05) is 30.4 Å². The average molecular weight is 404 g/mol. The Kier molecular flexibility index (Phi) is 4.96. The lowest BCUT2D eigenvalue weighted by molar-refractivity contribution is -0.116. The number of carbonyl (C=O) groups is 1. The third-order valence-electron chi connectivity index (χ3n) is 4.91. The number of fused-ring (bicyclic) bond motifs is 1. The van der Waals surface area contributed by atoms with E-state index in [1.165, 1.54) is 0 Å². The van der Waals surface area contributed by atoms with Gasteiger partial charge in [-0.25, -0.2) is 4.99 Å². The molecule has 1 amide bonds. The van der Waals surface area contributed by atoms with Gasteiger partial charge in [0.05, 0.1) is 24.6 Å². The van der Waals surface area contributed by atoms with Gasteiger partial charge in [-0.3, -0.25) is 4.79 Å². The summed E-state index contributed by atoms with van der Waals surface area (Å²) in [7, 11) is 0. The van der Waals surface area contributed by atoms with E-state index >= 15 is 0 Å². The van der Waals surface area contributed by atoms with Crippen LogP contribution < -0.4 is 16.0 Å². The Hall–Kier alpha value is -3.56. The molecule has 1 aromatic heterocycles. The topological polar surface area (TPSA) is 114 Å². The average Bonchev–Trinajstić information content (AvgIpc) is 3.21. The second-order valence-corrected chi connectivity index (χ2v) is 6.95. The number of para-hydroxylation sites is 1. The number of benzodiazepines with no additional fused rings is 1. The Morgan fingerprint density at radius 3 is 2.70 bits per heavy atom. The number of ether oxygens (including phenoxy) is 1. The molecule has 2 aliphatic rings. The molecule has 1 saturated heterocycles. The van der Waals surface area contributed by atoms with Gasteiger partial charge in [-0.05, 0) is 6.07 Å². The van der Waals surface area contributed by atoms with Gasteiger partial charge in [-0.15, -0.1) is 5.10 Å². The first-order valence-corrected chi connectivity index (χ1v) is 9.72. The first kappa shape index (κ1) is 18.5. The van der Waals surface area contributed by atoms with Crippen LogP contribution in [0.5, 0.6) is 0 Å². The molecule has 3 heterocycles. The zero-order valence-corrected chi connectivity index (χ0v) is 16.0. The molecule has 5 rings (SSSR count). The number of anilines is 2. The van der Waals surface area contributed by atoms with Gasteiger partial charge in [-0.1, -0.05) is 53.6 Å². The summed E-state index contributed by atoms with van der Waals surface area (Å²) in [5.41, 5.74) is 3.15. The molecule has 0 radical (unpaired) electrons. The van der Waals surface area contributed by atoms with Crippen LogP contribution in [0.1, 0.15) is 23.1 Å². The zero-order chi connectivity index (χ0) is 20.3. The number of hydrogen-bond donors (Lipinski definition) is 3. The summed E-state index contributed by atoms with van der Waals surface area (Å²) in [6, 6.07) is 17.3. The zero-order valence-electron chi connectivity index (χ0n) is 16.0. The SMILES string of the molecule is O=C1Nc2ccccc2C(c2ccccc2)=NC1Nc1nnc([C@H]2COCCN2)o1. The van der Waals surface area contributed by atoms with Crippen molar-refractivity contribution < 1.29 is 13.9 Å². The summed E-state index contributed by atoms with van der Waals surface area (Å²) in [6.45, 7) is 1.82. The Balaban J connectivity index is 1.46. The van der Waals surface area contributed by atoms with Crippen molar-refractivity contribution in [2.45, 2.75) is 12.2 Å². The fourth-order valence-corrected chi connectivity index (χ4v) is 3.46. The molecule has 152 valence electrons. The van der Waals surface area contributed by atoms with E-state index in [1.807, 2.05) is 54.6 Å². The summed E-state index contributed by atoms with van der Waals surface area (Å²) in [4.78, 5) is 17.6. The van der Waals surface area contributed by atoms with Crippen LogP contribution in [0.2, 0.25) is 0 Å². The fraction of sp³-hybridized carbons (Fsp3) is 0.238. The van der Waals surface area contributed by atoms with Crippen molar-refractivity contribution in [3.8, 4) is 0 Å². The number of aliphatic imine (C=N–C) groups is 1. The molecule has 1 fully saturated rings. The minimum atomic E-state index is -0.934. The van der Waals surface area contributed by atoms with Crippen molar-refractivity contribution in [1.29, 1.82) is 0 Å². The molecular formula is C21H20N6O3. The highest BCUT2D eigenvalue weighted by Gasteiger charge is 2.28. The largest absolute Gasteiger partial charge is 0.406 e. The molecule has 3 N–H and O–H groups in total. The quantitative estimate of drug-likeness (QED) is 0.609. The minimum Gasteiger partial charge on any atom is -0.406 e. The van der Waals surface area contributed by atoms with Gasteiger partial charge in [-0.2, -0.15) is 0 Å². The minimum absolute atomic E-state index is 0.125. The van der Waals surface area contributed by atoms with Crippen molar-refractivity contribution in [3.63, 3.8) is 0 Å². The van der Waals surface area contributed by atoms with Crippen LogP contribution in [-0.2, 0) is 9.53 Å². The lowest BCUT2D eigenvalue weighted by Crippen LogP contribution is -2.34. The molecule has 2 aliphatic heterocycles. The first-order chi connectivity index (χ1) is 14.8. The molecule has 30 heavy (non-hydrogen) atoms. The number of benzene rings is 2. The van der Waals surface area contributed by atoms with E-state index in [9.17, 15) is 4.79 Å². The highest BCUT2D eigenvalue weighted by atomic mass is 16.5. The number of carbonyl (C=O) groups excluding carboxylic acids is 1. The normalized spacial score (nSPS) is 21.2. The van der Waals surface area contributed by atoms with E-state index < -0.39 is 6.17 Å². The van der Waals surface area contributed by atoms with Gasteiger partial charge < -0.3 is 25.1 Å². The maximum atomic E-state index is 12.9. The smallest absolute Gasteiger partial charge is 0.317 e. The first-order valence-electron chi connectivity index (χ1n) is 9.72. The van der Waals surface area contributed by atoms with Gasteiger partial charge in [0.15, 0.2) is 0 Å².